The smallest absolute Gasteiger partial charge is 0.335 e. The molecule has 4 saturated carbocycles. The van der Waals surface area contributed by atoms with Crippen LogP contribution < -0.4 is 10.9 Å². The van der Waals surface area contributed by atoms with Crippen LogP contribution in [0, 0.1) is 28.6 Å². The SMILES string of the molecule is C[C@]12CC[C@H](NCCN3CCOCC3)C[C@H]1CC[C@@H]1[C@@H]2CC[C@]2(C)[C@@H](c3ccc(=O)oc3)CC[C@]12O. The van der Waals surface area contributed by atoms with Gasteiger partial charge in [0.25, 0.3) is 0 Å². The van der Waals surface area contributed by atoms with Crippen molar-refractivity contribution < 1.29 is 14.3 Å². The third-order valence-corrected chi connectivity index (χ3v) is 11.9. The zero-order valence-corrected chi connectivity index (χ0v) is 22.3. The molecule has 6 heteroatoms. The lowest BCUT2D eigenvalue weighted by molar-refractivity contribution is -0.202. The predicted molar refractivity (Wildman–Crippen MR) is 140 cm³/mol. The molecule has 1 aromatic heterocycles. The van der Waals surface area contributed by atoms with E-state index in [2.05, 4.69) is 24.1 Å². The van der Waals surface area contributed by atoms with Crippen molar-refractivity contribution in [3.63, 3.8) is 0 Å². The van der Waals surface area contributed by atoms with Gasteiger partial charge in [0.15, 0.2) is 0 Å². The molecule has 36 heavy (non-hydrogen) atoms. The van der Waals surface area contributed by atoms with E-state index in [-0.39, 0.29) is 17.0 Å². The first-order valence-corrected chi connectivity index (χ1v) is 14.7. The largest absolute Gasteiger partial charge is 0.431 e. The van der Waals surface area contributed by atoms with Crippen LogP contribution in [-0.4, -0.2) is 61.0 Å². The second-order valence-electron chi connectivity index (χ2n) is 13.2. The molecule has 6 rings (SSSR count). The quantitative estimate of drug-likeness (QED) is 0.635. The molecule has 0 bridgehead atoms. The van der Waals surface area contributed by atoms with Crippen molar-refractivity contribution in [2.45, 2.75) is 89.2 Å². The molecule has 5 aliphatic rings. The highest BCUT2D eigenvalue weighted by Gasteiger charge is 2.67. The number of hydrogen-bond acceptors (Lipinski definition) is 6. The number of morpholine rings is 1. The van der Waals surface area contributed by atoms with Gasteiger partial charge in [0.1, 0.15) is 0 Å². The van der Waals surface area contributed by atoms with Crippen molar-refractivity contribution in [1.29, 1.82) is 0 Å². The summed E-state index contributed by atoms with van der Waals surface area (Å²) >= 11 is 0. The molecular weight excluding hydrogens is 452 g/mol. The fourth-order valence-electron chi connectivity index (χ4n) is 9.76. The van der Waals surface area contributed by atoms with Gasteiger partial charge in [-0.25, -0.2) is 4.79 Å². The van der Waals surface area contributed by atoms with Crippen molar-refractivity contribution in [1.82, 2.24) is 10.2 Å². The highest BCUT2D eigenvalue weighted by molar-refractivity contribution is 5.27. The molecule has 5 fully saturated rings. The van der Waals surface area contributed by atoms with Gasteiger partial charge in [-0.2, -0.15) is 0 Å². The molecule has 6 nitrogen and oxygen atoms in total. The Hall–Kier alpha value is -1.21. The lowest BCUT2D eigenvalue weighted by Crippen LogP contribution is -2.62. The highest BCUT2D eigenvalue weighted by Crippen LogP contribution is 2.70. The van der Waals surface area contributed by atoms with Crippen molar-refractivity contribution in [3.05, 3.63) is 34.4 Å². The lowest BCUT2D eigenvalue weighted by Gasteiger charge is -2.64. The summed E-state index contributed by atoms with van der Waals surface area (Å²) in [7, 11) is 0. The summed E-state index contributed by atoms with van der Waals surface area (Å²) in [6, 6.07) is 4.12. The van der Waals surface area contributed by atoms with Crippen LogP contribution in [0.15, 0.2) is 27.6 Å². The number of nitrogens with one attached hydrogen (secondary N) is 1. The van der Waals surface area contributed by atoms with Gasteiger partial charge in [0.05, 0.1) is 25.1 Å². The van der Waals surface area contributed by atoms with Gasteiger partial charge in [-0.1, -0.05) is 13.8 Å². The number of hydrogen-bond donors (Lipinski definition) is 2. The molecule has 0 radical (unpaired) electrons. The van der Waals surface area contributed by atoms with E-state index in [1.807, 2.05) is 6.07 Å². The van der Waals surface area contributed by atoms with Crippen LogP contribution in [0.3, 0.4) is 0 Å². The summed E-state index contributed by atoms with van der Waals surface area (Å²) in [5.41, 5.74) is 0.390. The molecule has 0 amide bonds. The summed E-state index contributed by atoms with van der Waals surface area (Å²) in [5.74, 6) is 2.05. The maximum Gasteiger partial charge on any atom is 0.335 e. The lowest BCUT2D eigenvalue weighted by atomic mass is 9.43. The first kappa shape index (κ1) is 25.1. The molecule has 0 unspecified atom stereocenters. The maximum absolute atomic E-state index is 12.4. The van der Waals surface area contributed by atoms with E-state index in [0.717, 1.165) is 76.6 Å². The monoisotopic (exact) mass is 498 g/mol. The number of fused-ring (bicyclic) bond motifs is 5. The fraction of sp³-hybridized carbons (Fsp3) is 0.833. The zero-order chi connectivity index (χ0) is 25.0. The maximum atomic E-state index is 12.4. The van der Waals surface area contributed by atoms with Crippen LogP contribution in [0.25, 0.3) is 0 Å². The van der Waals surface area contributed by atoms with Crippen LogP contribution in [-0.2, 0) is 4.74 Å². The molecule has 1 saturated heterocycles. The number of aliphatic hydroxyl groups is 1. The van der Waals surface area contributed by atoms with Crippen molar-refractivity contribution in [3.8, 4) is 0 Å². The van der Waals surface area contributed by atoms with Gasteiger partial charge in [-0.05, 0) is 98.5 Å². The van der Waals surface area contributed by atoms with Crippen LogP contribution in [0.2, 0.25) is 0 Å². The van der Waals surface area contributed by atoms with E-state index in [1.54, 1.807) is 12.3 Å². The summed E-state index contributed by atoms with van der Waals surface area (Å²) in [4.78, 5) is 14.1. The summed E-state index contributed by atoms with van der Waals surface area (Å²) in [5, 5.41) is 16.3. The molecule has 0 spiro atoms. The Morgan fingerprint density at radius 2 is 1.86 bits per heavy atom. The Balaban J connectivity index is 1.12. The molecular formula is C30H46N2O4. The van der Waals surface area contributed by atoms with E-state index in [1.165, 1.54) is 32.1 Å². The first-order chi connectivity index (χ1) is 17.3. The minimum Gasteiger partial charge on any atom is -0.431 e. The molecule has 4 aliphatic carbocycles. The molecule has 1 aromatic rings. The number of rotatable bonds is 5. The van der Waals surface area contributed by atoms with Gasteiger partial charge in [-0.15, -0.1) is 0 Å². The van der Waals surface area contributed by atoms with Crippen LogP contribution in [0.5, 0.6) is 0 Å². The normalized spacial score (nSPS) is 45.0. The average Bonchev–Trinajstić information content (AvgIpc) is 3.16. The van der Waals surface area contributed by atoms with Crippen molar-refractivity contribution in [2.75, 3.05) is 39.4 Å². The van der Waals surface area contributed by atoms with Crippen LogP contribution in [0.1, 0.15) is 83.1 Å². The van der Waals surface area contributed by atoms with E-state index >= 15 is 0 Å². The van der Waals surface area contributed by atoms with Gasteiger partial charge < -0.3 is 19.6 Å². The second-order valence-corrected chi connectivity index (χ2v) is 13.2. The van der Waals surface area contributed by atoms with Crippen molar-refractivity contribution in [2.24, 2.45) is 28.6 Å². The van der Waals surface area contributed by atoms with Crippen LogP contribution >= 0.6 is 0 Å². The van der Waals surface area contributed by atoms with E-state index in [0.29, 0.717) is 23.3 Å². The van der Waals surface area contributed by atoms with Crippen LogP contribution in [0.4, 0.5) is 0 Å². The van der Waals surface area contributed by atoms with E-state index < -0.39 is 5.60 Å². The Morgan fingerprint density at radius 3 is 2.64 bits per heavy atom. The predicted octanol–water partition coefficient (Wildman–Crippen LogP) is 4.17. The Kier molecular flexibility index (Phi) is 6.63. The highest BCUT2D eigenvalue weighted by atomic mass is 16.5. The molecule has 8 atom stereocenters. The Morgan fingerprint density at radius 1 is 1.03 bits per heavy atom. The second kappa shape index (κ2) is 9.52. The average molecular weight is 499 g/mol. The third kappa shape index (κ3) is 4.02. The zero-order valence-electron chi connectivity index (χ0n) is 22.3. The molecule has 1 aliphatic heterocycles. The minimum atomic E-state index is -0.613. The van der Waals surface area contributed by atoms with Gasteiger partial charge in [-0.3, -0.25) is 4.90 Å². The fourth-order valence-corrected chi connectivity index (χ4v) is 9.76. The standard InChI is InChI=1S/C30H46N2O4/c1-28-10-7-23(31-13-14-32-15-17-35-18-16-32)19-22(28)4-5-26-25(28)8-11-29(2)24(9-12-30(26,29)34)21-3-6-27(33)36-20-21/h3,6,20,22-26,31,34H,4-5,7-19H2,1-2H3/t22-,23+,24-,25+,26-,28+,29-,30+/m1/s1. The summed E-state index contributed by atoms with van der Waals surface area (Å²) < 4.78 is 10.7. The number of ether oxygens (including phenoxy) is 1. The van der Waals surface area contributed by atoms with E-state index in [4.69, 9.17) is 9.15 Å². The van der Waals surface area contributed by atoms with Gasteiger partial charge in [0, 0.05) is 43.7 Å². The van der Waals surface area contributed by atoms with Gasteiger partial charge in [0.2, 0.25) is 0 Å². The van der Waals surface area contributed by atoms with Crippen molar-refractivity contribution >= 4 is 0 Å². The molecule has 2 N–H and O–H groups in total. The minimum absolute atomic E-state index is 0.143. The molecule has 2 heterocycles. The molecule has 200 valence electrons. The van der Waals surface area contributed by atoms with E-state index in [9.17, 15) is 9.90 Å². The summed E-state index contributed by atoms with van der Waals surface area (Å²) in [6.07, 6.45) is 12.1. The first-order valence-electron chi connectivity index (χ1n) is 14.7. The Bertz CT molecular complexity index is 971. The Labute approximate surface area is 216 Å². The van der Waals surface area contributed by atoms with Gasteiger partial charge >= 0.3 is 5.63 Å². The summed E-state index contributed by atoms with van der Waals surface area (Å²) in [6.45, 7) is 11.0. The number of nitrogens with zero attached hydrogens (tertiary/aromatic N) is 1. The topological polar surface area (TPSA) is 74.9 Å². The third-order valence-electron chi connectivity index (χ3n) is 11.9. The molecule has 0 aromatic carbocycles.